The number of aromatic nitrogens is 4. The van der Waals surface area contributed by atoms with Crippen LogP contribution < -0.4 is 0 Å². The van der Waals surface area contributed by atoms with Crippen molar-refractivity contribution in [1.29, 1.82) is 0 Å². The van der Waals surface area contributed by atoms with Crippen molar-refractivity contribution < 1.29 is 56.2 Å². The van der Waals surface area contributed by atoms with Crippen LogP contribution in [0.25, 0.3) is 11.2 Å². The van der Waals surface area contributed by atoms with E-state index in [1.165, 1.54) is 10.9 Å². The SMILES string of the molecule is C=C(Cn1cnc2c(C)n[c-]nc21)[C@](C)(F)OCP(=O)(O)O.[Y]. The van der Waals surface area contributed by atoms with Gasteiger partial charge in [-0.1, -0.05) is 13.5 Å². The molecule has 0 spiro atoms. The predicted octanol–water partition coefficient (Wildman–Crippen LogP) is 1.33. The van der Waals surface area contributed by atoms with E-state index in [2.05, 4.69) is 32.6 Å². The number of imidazole rings is 1. The molecule has 0 aliphatic heterocycles. The molecule has 0 aliphatic carbocycles. The van der Waals surface area contributed by atoms with Crippen LogP contribution in [0.2, 0.25) is 0 Å². The van der Waals surface area contributed by atoms with E-state index in [0.717, 1.165) is 6.92 Å². The molecule has 23 heavy (non-hydrogen) atoms. The minimum atomic E-state index is -4.47. The average molecular weight is 418 g/mol. The van der Waals surface area contributed by atoms with Crippen LogP contribution >= 0.6 is 7.60 Å². The first-order valence-corrected chi connectivity index (χ1v) is 8.01. The first-order valence-electron chi connectivity index (χ1n) is 6.21. The van der Waals surface area contributed by atoms with Crippen LogP contribution in [0.5, 0.6) is 0 Å². The molecule has 2 aromatic heterocycles. The molecule has 0 bridgehead atoms. The van der Waals surface area contributed by atoms with Gasteiger partial charge in [-0.2, -0.15) is 0 Å². The number of hydrogen-bond acceptors (Lipinski definition) is 5. The van der Waals surface area contributed by atoms with Crippen LogP contribution in [-0.4, -0.2) is 41.5 Å². The molecule has 0 saturated carbocycles. The summed E-state index contributed by atoms with van der Waals surface area (Å²) >= 11 is 0. The van der Waals surface area contributed by atoms with Crippen LogP contribution in [0, 0.1) is 13.3 Å². The monoisotopic (exact) mass is 418 g/mol. The fourth-order valence-corrected chi connectivity index (χ4v) is 2.13. The first kappa shape index (κ1) is 20.5. The molecule has 1 radical (unpaired) electrons. The molecule has 1 atom stereocenters. The van der Waals surface area contributed by atoms with Gasteiger partial charge in [0.05, 0.1) is 6.33 Å². The molecule has 123 valence electrons. The Morgan fingerprint density at radius 2 is 2.22 bits per heavy atom. The van der Waals surface area contributed by atoms with Crippen molar-refractivity contribution in [3.8, 4) is 0 Å². The fraction of sp³-hybridized carbons (Fsp3) is 0.417. The van der Waals surface area contributed by atoms with Gasteiger partial charge in [-0.3, -0.25) is 9.55 Å². The molecule has 0 saturated heterocycles. The van der Waals surface area contributed by atoms with Gasteiger partial charge in [-0.25, -0.2) is 4.39 Å². The minimum Gasteiger partial charge on any atom is -0.369 e. The standard InChI is InChI=1S/C12H15FN4O4P.Y/c1-8(12(3,13)21-7-22(18,19)20)4-17-6-16-10-9(2)14-5-15-11(10)17;/h6H,1,4,7H2,2-3H3,(H2,18,19,20);/q-1;/t12-;/m1./s1. The summed E-state index contributed by atoms with van der Waals surface area (Å²) in [6.45, 7) is 6.34. The number of halogens is 1. The number of hydrogen-bond donors (Lipinski definition) is 2. The number of ether oxygens (including phenoxy) is 1. The Labute approximate surface area is 157 Å². The van der Waals surface area contributed by atoms with Crippen LogP contribution in [0.4, 0.5) is 4.39 Å². The summed E-state index contributed by atoms with van der Waals surface area (Å²) in [6.07, 6.45) is 2.89. The largest absolute Gasteiger partial charge is 0.369 e. The van der Waals surface area contributed by atoms with E-state index in [4.69, 9.17) is 9.79 Å². The Morgan fingerprint density at radius 3 is 2.83 bits per heavy atom. The third-order valence-corrected chi connectivity index (χ3v) is 3.49. The molecule has 8 nitrogen and oxygen atoms in total. The van der Waals surface area contributed by atoms with Crippen molar-refractivity contribution in [1.82, 2.24) is 19.5 Å². The molecule has 0 aliphatic rings. The molecule has 0 aromatic carbocycles. The van der Waals surface area contributed by atoms with Gasteiger partial charge < -0.3 is 29.1 Å². The van der Waals surface area contributed by atoms with Crippen molar-refractivity contribution in [3.05, 3.63) is 30.5 Å². The predicted molar refractivity (Wildman–Crippen MR) is 75.5 cm³/mol. The van der Waals surface area contributed by atoms with Crippen molar-refractivity contribution in [3.63, 3.8) is 0 Å². The maximum atomic E-state index is 14.3. The third kappa shape index (κ3) is 5.21. The molecular formula is C12H15FN4O4PY-. The van der Waals surface area contributed by atoms with E-state index in [1.54, 1.807) is 6.92 Å². The number of nitrogens with zero attached hydrogens (tertiary/aromatic N) is 4. The van der Waals surface area contributed by atoms with E-state index in [1.807, 2.05) is 0 Å². The molecule has 2 rings (SSSR count). The molecule has 11 heteroatoms. The maximum Gasteiger partial charge on any atom is 0.351 e. The molecule has 0 fully saturated rings. The zero-order valence-corrected chi connectivity index (χ0v) is 16.3. The number of aryl methyl sites for hydroxylation is 1. The van der Waals surface area contributed by atoms with Gasteiger partial charge in [0.25, 0.3) is 0 Å². The Balaban J connectivity index is 0.00000264. The molecule has 2 aromatic rings. The van der Waals surface area contributed by atoms with Gasteiger partial charge >= 0.3 is 7.60 Å². The Kier molecular flexibility index (Phi) is 6.72. The Bertz CT molecular complexity index is 761. The van der Waals surface area contributed by atoms with Crippen LogP contribution in [0.15, 0.2) is 18.5 Å². The Hall–Kier alpha value is -0.566. The summed E-state index contributed by atoms with van der Waals surface area (Å²) < 4.78 is 31.3. The van der Waals surface area contributed by atoms with Crippen molar-refractivity contribution in [2.45, 2.75) is 26.2 Å². The summed E-state index contributed by atoms with van der Waals surface area (Å²) in [5.41, 5.74) is 1.62. The van der Waals surface area contributed by atoms with Gasteiger partial charge in [0, 0.05) is 62.3 Å². The second kappa shape index (κ2) is 7.55. The molecule has 2 N–H and O–H groups in total. The van der Waals surface area contributed by atoms with E-state index in [0.29, 0.717) is 16.9 Å². The second-order valence-electron chi connectivity index (χ2n) is 4.91. The summed E-state index contributed by atoms with van der Waals surface area (Å²) in [7, 11) is -4.47. The second-order valence-corrected chi connectivity index (χ2v) is 6.50. The minimum absolute atomic E-state index is 0. The molecule has 2 heterocycles. The number of rotatable bonds is 6. The number of fused-ring (bicyclic) bond motifs is 1. The molecule has 0 amide bonds. The summed E-state index contributed by atoms with van der Waals surface area (Å²) in [5, 5.41) is 0. The first-order chi connectivity index (χ1) is 10.1. The van der Waals surface area contributed by atoms with Crippen LogP contribution in [0.1, 0.15) is 12.6 Å². The molecular weight excluding hydrogens is 403 g/mol. The van der Waals surface area contributed by atoms with Crippen molar-refractivity contribution in [2.24, 2.45) is 0 Å². The quantitative estimate of drug-likeness (QED) is 0.414. The summed E-state index contributed by atoms with van der Waals surface area (Å²) in [4.78, 5) is 29.5. The van der Waals surface area contributed by atoms with Crippen LogP contribution in [0.3, 0.4) is 0 Å². The van der Waals surface area contributed by atoms with Crippen molar-refractivity contribution in [2.75, 3.05) is 6.35 Å². The van der Waals surface area contributed by atoms with Gasteiger partial charge in [-0.15, -0.1) is 0 Å². The van der Waals surface area contributed by atoms with E-state index in [9.17, 15) is 8.96 Å². The normalized spacial score (nSPS) is 14.3. The third-order valence-electron chi connectivity index (χ3n) is 3.02. The van der Waals surface area contributed by atoms with Gasteiger partial charge in [0.1, 0.15) is 0 Å². The van der Waals surface area contributed by atoms with Gasteiger partial charge in [0.15, 0.2) is 6.35 Å². The zero-order chi connectivity index (χ0) is 16.5. The topological polar surface area (TPSA) is 110 Å². The van der Waals surface area contributed by atoms with Gasteiger partial charge in [-0.05, 0) is 12.6 Å². The Morgan fingerprint density at radius 1 is 1.57 bits per heavy atom. The number of alkyl halides is 1. The molecule has 0 unspecified atom stereocenters. The summed E-state index contributed by atoms with van der Waals surface area (Å²) in [5.74, 6) is -2.40. The van der Waals surface area contributed by atoms with Crippen LogP contribution in [-0.2, 0) is 48.6 Å². The van der Waals surface area contributed by atoms with E-state index in [-0.39, 0.29) is 44.8 Å². The van der Waals surface area contributed by atoms with Gasteiger partial charge in [0.2, 0.25) is 5.85 Å². The van der Waals surface area contributed by atoms with Crippen molar-refractivity contribution >= 4 is 18.8 Å². The zero-order valence-electron chi connectivity index (χ0n) is 12.6. The average Bonchev–Trinajstić information content (AvgIpc) is 2.81. The van der Waals surface area contributed by atoms with E-state index < -0.39 is 19.8 Å². The maximum absolute atomic E-state index is 14.3. The fourth-order valence-electron chi connectivity index (χ4n) is 1.72. The van der Waals surface area contributed by atoms with E-state index >= 15 is 0 Å². The smallest absolute Gasteiger partial charge is 0.351 e. The summed E-state index contributed by atoms with van der Waals surface area (Å²) in [6, 6.07) is 0.